The van der Waals surface area contributed by atoms with Crippen LogP contribution in [0, 0.1) is 0 Å². The Morgan fingerprint density at radius 1 is 1.00 bits per heavy atom. The summed E-state index contributed by atoms with van der Waals surface area (Å²) in [6.07, 6.45) is 0. The van der Waals surface area contributed by atoms with Crippen molar-refractivity contribution in [3.8, 4) is 28.6 Å². The number of anilines is 1. The number of rotatable bonds is 8. The second kappa shape index (κ2) is 8.24. The lowest BCUT2D eigenvalue weighted by molar-refractivity contribution is 0.341. The minimum atomic E-state index is 0.393. The summed E-state index contributed by atoms with van der Waals surface area (Å²) in [4.78, 5) is 4.42. The zero-order valence-electron chi connectivity index (χ0n) is 15.0. The van der Waals surface area contributed by atoms with E-state index in [2.05, 4.69) is 15.5 Å². The van der Waals surface area contributed by atoms with E-state index in [0.29, 0.717) is 36.4 Å². The van der Waals surface area contributed by atoms with Crippen molar-refractivity contribution in [2.45, 2.75) is 13.5 Å². The fourth-order valence-corrected chi connectivity index (χ4v) is 2.48. The molecule has 7 nitrogen and oxygen atoms in total. The van der Waals surface area contributed by atoms with Gasteiger partial charge >= 0.3 is 0 Å². The van der Waals surface area contributed by atoms with Crippen LogP contribution in [0.5, 0.6) is 17.2 Å². The largest absolute Gasteiger partial charge is 0.493 e. The van der Waals surface area contributed by atoms with Crippen molar-refractivity contribution >= 4 is 5.69 Å². The maximum Gasteiger partial charge on any atom is 0.246 e. The van der Waals surface area contributed by atoms with Gasteiger partial charge in [0.15, 0.2) is 11.5 Å². The van der Waals surface area contributed by atoms with Gasteiger partial charge in [0.05, 0.1) is 33.1 Å². The van der Waals surface area contributed by atoms with Gasteiger partial charge in [0.1, 0.15) is 5.75 Å². The molecule has 0 spiro atoms. The molecule has 0 saturated heterocycles. The Morgan fingerprint density at radius 2 is 1.81 bits per heavy atom. The lowest BCUT2D eigenvalue weighted by Crippen LogP contribution is -2.02. The molecule has 3 rings (SSSR count). The number of hydrogen-bond acceptors (Lipinski definition) is 7. The fraction of sp³-hybridized carbons (Fsp3) is 0.263. The summed E-state index contributed by atoms with van der Waals surface area (Å²) in [6, 6.07) is 13.2. The summed E-state index contributed by atoms with van der Waals surface area (Å²) < 4.78 is 21.5. The summed E-state index contributed by atoms with van der Waals surface area (Å²) in [5, 5.41) is 7.29. The fourth-order valence-electron chi connectivity index (χ4n) is 2.48. The lowest BCUT2D eigenvalue weighted by atomic mass is 10.2. The number of nitrogens with zero attached hydrogens (tertiary/aromatic N) is 2. The number of para-hydroxylation sites is 2. The van der Waals surface area contributed by atoms with Gasteiger partial charge in [-0.3, -0.25) is 0 Å². The first kappa shape index (κ1) is 17.6. The molecular weight excluding hydrogens is 334 g/mol. The molecule has 0 radical (unpaired) electrons. The number of hydrogen-bond donors (Lipinski definition) is 1. The number of nitrogens with one attached hydrogen (secondary N) is 1. The van der Waals surface area contributed by atoms with Crippen molar-refractivity contribution in [3.63, 3.8) is 0 Å². The Labute approximate surface area is 151 Å². The maximum absolute atomic E-state index is 5.59. The van der Waals surface area contributed by atoms with Crippen LogP contribution >= 0.6 is 0 Å². The van der Waals surface area contributed by atoms with Crippen LogP contribution in [0.3, 0.4) is 0 Å². The van der Waals surface area contributed by atoms with E-state index in [1.807, 2.05) is 43.3 Å². The second-order valence-electron chi connectivity index (χ2n) is 5.36. The zero-order valence-corrected chi connectivity index (χ0v) is 15.0. The molecule has 7 heteroatoms. The summed E-state index contributed by atoms with van der Waals surface area (Å²) in [6.45, 7) is 2.94. The molecule has 0 aliphatic heterocycles. The smallest absolute Gasteiger partial charge is 0.246 e. The van der Waals surface area contributed by atoms with Crippen molar-refractivity contribution in [2.24, 2.45) is 0 Å². The predicted molar refractivity (Wildman–Crippen MR) is 97.8 cm³/mol. The van der Waals surface area contributed by atoms with E-state index in [1.165, 1.54) is 0 Å². The van der Waals surface area contributed by atoms with Gasteiger partial charge in [-0.2, -0.15) is 4.98 Å². The molecule has 1 N–H and O–H groups in total. The van der Waals surface area contributed by atoms with Crippen LogP contribution in [0.1, 0.15) is 12.8 Å². The van der Waals surface area contributed by atoms with Crippen molar-refractivity contribution in [1.82, 2.24) is 10.1 Å². The monoisotopic (exact) mass is 355 g/mol. The normalized spacial score (nSPS) is 10.4. The molecule has 1 aromatic heterocycles. The predicted octanol–water partition coefficient (Wildman–Crippen LogP) is 3.76. The quantitative estimate of drug-likeness (QED) is 0.659. The summed E-state index contributed by atoms with van der Waals surface area (Å²) in [7, 11) is 3.18. The van der Waals surface area contributed by atoms with E-state index >= 15 is 0 Å². The minimum Gasteiger partial charge on any atom is -0.493 e. The van der Waals surface area contributed by atoms with Crippen molar-refractivity contribution < 1.29 is 18.7 Å². The lowest BCUT2D eigenvalue weighted by Gasteiger charge is -2.10. The molecule has 0 bridgehead atoms. The highest BCUT2D eigenvalue weighted by Gasteiger charge is 2.12. The first-order chi connectivity index (χ1) is 12.7. The maximum atomic E-state index is 5.59. The van der Waals surface area contributed by atoms with Crippen molar-refractivity contribution in [2.75, 3.05) is 26.1 Å². The van der Waals surface area contributed by atoms with Crippen LogP contribution in [0.4, 0.5) is 5.69 Å². The zero-order chi connectivity index (χ0) is 18.4. The van der Waals surface area contributed by atoms with Crippen molar-refractivity contribution in [3.05, 3.63) is 48.4 Å². The molecule has 26 heavy (non-hydrogen) atoms. The van der Waals surface area contributed by atoms with Gasteiger partial charge in [-0.15, -0.1) is 0 Å². The van der Waals surface area contributed by atoms with Gasteiger partial charge in [0, 0.05) is 5.56 Å². The van der Waals surface area contributed by atoms with Gasteiger partial charge < -0.3 is 24.1 Å². The molecule has 0 amide bonds. The first-order valence-corrected chi connectivity index (χ1v) is 8.25. The average molecular weight is 355 g/mol. The molecule has 136 valence electrons. The Morgan fingerprint density at radius 3 is 2.58 bits per heavy atom. The molecule has 0 aliphatic carbocycles. The van der Waals surface area contributed by atoms with Crippen molar-refractivity contribution in [1.29, 1.82) is 0 Å². The van der Waals surface area contributed by atoms with Crippen LogP contribution in [0.15, 0.2) is 47.0 Å². The van der Waals surface area contributed by atoms with E-state index in [9.17, 15) is 0 Å². The third-order valence-electron chi connectivity index (χ3n) is 3.73. The Kier molecular flexibility index (Phi) is 5.58. The molecule has 0 atom stereocenters. The number of aromatic nitrogens is 2. The van der Waals surface area contributed by atoms with Gasteiger partial charge in [-0.25, -0.2) is 0 Å². The van der Waals surface area contributed by atoms with E-state index < -0.39 is 0 Å². The third-order valence-corrected chi connectivity index (χ3v) is 3.73. The Bertz CT molecular complexity index is 863. The van der Waals surface area contributed by atoms with Crippen LogP contribution in [0.25, 0.3) is 11.4 Å². The highest BCUT2D eigenvalue weighted by atomic mass is 16.5. The highest BCUT2D eigenvalue weighted by molar-refractivity contribution is 5.61. The summed E-state index contributed by atoms with van der Waals surface area (Å²) in [5.74, 6) is 3.01. The molecule has 0 saturated carbocycles. The molecule has 0 fully saturated rings. The van der Waals surface area contributed by atoms with Crippen LogP contribution in [-0.2, 0) is 6.54 Å². The average Bonchev–Trinajstić information content (AvgIpc) is 3.16. The van der Waals surface area contributed by atoms with Gasteiger partial charge in [0.25, 0.3) is 0 Å². The van der Waals surface area contributed by atoms with Crippen LogP contribution < -0.4 is 19.5 Å². The van der Waals surface area contributed by atoms with E-state index in [-0.39, 0.29) is 0 Å². The summed E-state index contributed by atoms with van der Waals surface area (Å²) >= 11 is 0. The van der Waals surface area contributed by atoms with E-state index in [0.717, 1.165) is 17.0 Å². The Hall–Kier alpha value is -3.22. The van der Waals surface area contributed by atoms with E-state index in [1.54, 1.807) is 20.3 Å². The van der Waals surface area contributed by atoms with Gasteiger partial charge in [-0.05, 0) is 37.3 Å². The Balaban J connectivity index is 1.73. The highest BCUT2D eigenvalue weighted by Crippen LogP contribution is 2.31. The van der Waals surface area contributed by atoms with Crippen LogP contribution in [-0.4, -0.2) is 31.0 Å². The molecule has 0 aliphatic rings. The van der Waals surface area contributed by atoms with Crippen LogP contribution in [0.2, 0.25) is 0 Å². The summed E-state index contributed by atoms with van der Waals surface area (Å²) in [5.41, 5.74) is 1.66. The molecule has 0 unspecified atom stereocenters. The molecule has 3 aromatic rings. The second-order valence-corrected chi connectivity index (χ2v) is 5.36. The number of methoxy groups -OCH3 is 2. The van der Waals surface area contributed by atoms with Gasteiger partial charge in [0.2, 0.25) is 11.7 Å². The third kappa shape index (κ3) is 3.88. The van der Waals surface area contributed by atoms with E-state index in [4.69, 9.17) is 18.7 Å². The molecular formula is C19H21N3O4. The topological polar surface area (TPSA) is 78.6 Å². The first-order valence-electron chi connectivity index (χ1n) is 8.25. The molecule has 1 heterocycles. The minimum absolute atomic E-state index is 0.393. The number of benzene rings is 2. The SMILES string of the molecule is CCOc1ccccc1NCc1nc(-c2ccc(OC)c(OC)c2)no1. The number of ether oxygens (including phenoxy) is 3. The standard InChI is InChI=1S/C19H21N3O4/c1-4-25-15-8-6-5-7-14(15)20-12-18-21-19(22-26-18)13-9-10-16(23-2)17(11-13)24-3/h5-11,20H,4,12H2,1-3H3. The molecule has 2 aromatic carbocycles. The van der Waals surface area contributed by atoms with Gasteiger partial charge in [-0.1, -0.05) is 17.3 Å².